The first kappa shape index (κ1) is 8.68. The standard InChI is InChI=1S/C7H6F3NOS/c8-7(9,10)4-3-13-6-5(4)12-2-1-11-6/h3,11H,1-2H2. The topological polar surface area (TPSA) is 21.3 Å². The number of anilines is 1. The molecule has 0 amide bonds. The Morgan fingerprint density at radius 3 is 2.92 bits per heavy atom. The lowest BCUT2D eigenvalue weighted by atomic mass is 10.3. The Hall–Kier alpha value is -0.910. The molecule has 0 aliphatic carbocycles. The van der Waals surface area contributed by atoms with E-state index in [2.05, 4.69) is 5.32 Å². The summed E-state index contributed by atoms with van der Waals surface area (Å²) in [7, 11) is 0. The molecule has 0 radical (unpaired) electrons. The third-order valence-electron chi connectivity index (χ3n) is 1.68. The van der Waals surface area contributed by atoms with Crippen LogP contribution >= 0.6 is 11.3 Å². The minimum absolute atomic E-state index is 0.0521. The molecule has 1 aromatic rings. The van der Waals surface area contributed by atoms with Crippen molar-refractivity contribution in [3.05, 3.63) is 10.9 Å². The first-order valence-electron chi connectivity index (χ1n) is 3.64. The summed E-state index contributed by atoms with van der Waals surface area (Å²) < 4.78 is 41.9. The normalized spacial score (nSPS) is 15.9. The molecule has 1 aliphatic heterocycles. The minimum Gasteiger partial charge on any atom is -0.488 e. The fourth-order valence-corrected chi connectivity index (χ4v) is 2.06. The Labute approximate surface area is 76.3 Å². The van der Waals surface area contributed by atoms with Crippen molar-refractivity contribution in [1.29, 1.82) is 0 Å². The number of fused-ring (bicyclic) bond motifs is 1. The van der Waals surface area contributed by atoms with Gasteiger partial charge in [0.25, 0.3) is 0 Å². The maximum Gasteiger partial charge on any atom is 0.420 e. The van der Waals surface area contributed by atoms with Gasteiger partial charge in [0.2, 0.25) is 0 Å². The van der Waals surface area contributed by atoms with E-state index in [-0.39, 0.29) is 12.4 Å². The van der Waals surface area contributed by atoms with Gasteiger partial charge in [0.05, 0.1) is 0 Å². The van der Waals surface area contributed by atoms with Crippen LogP contribution in [0.15, 0.2) is 5.38 Å². The van der Waals surface area contributed by atoms with Crippen LogP contribution in [0.1, 0.15) is 5.56 Å². The average molecular weight is 209 g/mol. The molecule has 2 heterocycles. The third-order valence-corrected chi connectivity index (χ3v) is 2.60. The van der Waals surface area contributed by atoms with Crippen LogP contribution in [0, 0.1) is 0 Å². The molecule has 2 nitrogen and oxygen atoms in total. The Balaban J connectivity index is 2.43. The van der Waals surface area contributed by atoms with E-state index in [0.29, 0.717) is 11.5 Å². The van der Waals surface area contributed by atoms with Gasteiger partial charge in [-0.05, 0) is 0 Å². The largest absolute Gasteiger partial charge is 0.488 e. The van der Waals surface area contributed by atoms with Crippen molar-refractivity contribution in [3.63, 3.8) is 0 Å². The number of hydrogen-bond acceptors (Lipinski definition) is 3. The van der Waals surface area contributed by atoms with Gasteiger partial charge in [-0.25, -0.2) is 0 Å². The van der Waals surface area contributed by atoms with Crippen LogP contribution in [0.2, 0.25) is 0 Å². The number of alkyl halides is 3. The lowest BCUT2D eigenvalue weighted by molar-refractivity contribution is -0.138. The third kappa shape index (κ3) is 1.46. The van der Waals surface area contributed by atoms with Gasteiger partial charge >= 0.3 is 6.18 Å². The van der Waals surface area contributed by atoms with E-state index in [4.69, 9.17) is 4.74 Å². The monoisotopic (exact) mass is 209 g/mol. The van der Waals surface area contributed by atoms with Crippen LogP contribution in [0.4, 0.5) is 18.2 Å². The second-order valence-electron chi connectivity index (χ2n) is 2.58. The van der Waals surface area contributed by atoms with Crippen molar-refractivity contribution in [2.75, 3.05) is 18.5 Å². The van der Waals surface area contributed by atoms with Crippen molar-refractivity contribution in [3.8, 4) is 5.75 Å². The molecule has 0 spiro atoms. The predicted octanol–water partition coefficient (Wildman–Crippen LogP) is 2.57. The Morgan fingerprint density at radius 2 is 2.23 bits per heavy atom. The molecule has 0 bridgehead atoms. The number of thiophene rings is 1. The van der Waals surface area contributed by atoms with Crippen molar-refractivity contribution < 1.29 is 17.9 Å². The van der Waals surface area contributed by atoms with Crippen LogP contribution in [0.25, 0.3) is 0 Å². The molecule has 0 saturated heterocycles. The summed E-state index contributed by atoms with van der Waals surface area (Å²) in [6.07, 6.45) is -4.32. The van der Waals surface area contributed by atoms with Gasteiger partial charge in [0.15, 0.2) is 5.75 Å². The van der Waals surface area contributed by atoms with Crippen molar-refractivity contribution in [2.45, 2.75) is 6.18 Å². The van der Waals surface area contributed by atoms with Crippen LogP contribution < -0.4 is 10.1 Å². The molecule has 6 heteroatoms. The minimum atomic E-state index is -4.32. The van der Waals surface area contributed by atoms with Crippen LogP contribution in [0.3, 0.4) is 0 Å². The molecule has 2 rings (SSSR count). The van der Waals surface area contributed by atoms with Crippen LogP contribution in [-0.4, -0.2) is 13.2 Å². The molecular formula is C7H6F3NOS. The molecule has 0 unspecified atom stereocenters. The zero-order chi connectivity index (χ0) is 9.47. The van der Waals surface area contributed by atoms with Gasteiger partial charge in [-0.2, -0.15) is 13.2 Å². The molecule has 13 heavy (non-hydrogen) atoms. The number of halogens is 3. The molecule has 0 fully saturated rings. The Morgan fingerprint density at radius 1 is 1.46 bits per heavy atom. The summed E-state index contributed by atoms with van der Waals surface area (Å²) in [6, 6.07) is 0. The highest BCUT2D eigenvalue weighted by Crippen LogP contribution is 2.45. The fraction of sp³-hybridized carbons (Fsp3) is 0.429. The lowest BCUT2D eigenvalue weighted by Gasteiger charge is -2.17. The molecule has 1 N–H and O–H groups in total. The van der Waals surface area contributed by atoms with E-state index >= 15 is 0 Å². The Kier molecular flexibility index (Phi) is 1.87. The van der Waals surface area contributed by atoms with Crippen molar-refractivity contribution >= 4 is 16.3 Å². The van der Waals surface area contributed by atoms with Crippen molar-refractivity contribution in [1.82, 2.24) is 0 Å². The van der Waals surface area contributed by atoms with E-state index in [9.17, 15) is 13.2 Å². The Bertz CT molecular complexity index is 320. The molecule has 0 aromatic carbocycles. The number of rotatable bonds is 0. The number of hydrogen-bond donors (Lipinski definition) is 1. The van der Waals surface area contributed by atoms with Gasteiger partial charge in [-0.1, -0.05) is 0 Å². The van der Waals surface area contributed by atoms with Gasteiger partial charge in [0.1, 0.15) is 17.2 Å². The highest BCUT2D eigenvalue weighted by Gasteiger charge is 2.37. The van der Waals surface area contributed by atoms with E-state index in [1.165, 1.54) is 0 Å². The second-order valence-corrected chi connectivity index (χ2v) is 3.46. The first-order chi connectivity index (χ1) is 6.09. The summed E-state index contributed by atoms with van der Waals surface area (Å²) in [5, 5.41) is 4.39. The molecule has 1 aromatic heterocycles. The molecular weight excluding hydrogens is 203 g/mol. The lowest BCUT2D eigenvalue weighted by Crippen LogP contribution is -2.18. The van der Waals surface area contributed by atoms with Crippen molar-refractivity contribution in [2.24, 2.45) is 0 Å². The molecule has 0 saturated carbocycles. The van der Waals surface area contributed by atoms with Crippen LogP contribution in [0.5, 0.6) is 5.75 Å². The zero-order valence-electron chi connectivity index (χ0n) is 6.44. The van der Waals surface area contributed by atoms with Crippen LogP contribution in [-0.2, 0) is 6.18 Å². The number of ether oxygens (including phenoxy) is 1. The van der Waals surface area contributed by atoms with Gasteiger partial charge < -0.3 is 10.1 Å². The van der Waals surface area contributed by atoms with E-state index in [1.54, 1.807) is 0 Å². The second kappa shape index (κ2) is 2.80. The predicted molar refractivity (Wildman–Crippen MR) is 43.3 cm³/mol. The fourth-order valence-electron chi connectivity index (χ4n) is 1.13. The molecule has 0 atom stereocenters. The van der Waals surface area contributed by atoms with E-state index in [0.717, 1.165) is 16.7 Å². The summed E-state index contributed by atoms with van der Waals surface area (Å²) >= 11 is 1.02. The summed E-state index contributed by atoms with van der Waals surface area (Å²) in [5.41, 5.74) is -0.681. The summed E-state index contributed by atoms with van der Waals surface area (Å²) in [4.78, 5) is 0. The first-order valence-corrected chi connectivity index (χ1v) is 4.52. The van der Waals surface area contributed by atoms with Gasteiger partial charge in [-0.3, -0.25) is 0 Å². The van der Waals surface area contributed by atoms with E-state index < -0.39 is 11.7 Å². The highest BCUT2D eigenvalue weighted by atomic mass is 32.1. The highest BCUT2D eigenvalue weighted by molar-refractivity contribution is 7.14. The average Bonchev–Trinajstić information content (AvgIpc) is 2.45. The smallest absolute Gasteiger partial charge is 0.420 e. The SMILES string of the molecule is FC(F)(F)c1csc2c1OCCN2. The van der Waals surface area contributed by atoms with Gasteiger partial charge in [0, 0.05) is 11.9 Å². The molecule has 72 valence electrons. The maximum absolute atomic E-state index is 12.3. The van der Waals surface area contributed by atoms with Gasteiger partial charge in [-0.15, -0.1) is 11.3 Å². The quantitative estimate of drug-likeness (QED) is 0.709. The summed E-state index contributed by atoms with van der Waals surface area (Å²) in [6.45, 7) is 0.845. The molecule has 1 aliphatic rings. The summed E-state index contributed by atoms with van der Waals surface area (Å²) in [5.74, 6) is -0.0521. The number of nitrogens with one attached hydrogen (secondary N) is 1. The van der Waals surface area contributed by atoms with E-state index in [1.807, 2.05) is 0 Å². The maximum atomic E-state index is 12.3. The zero-order valence-corrected chi connectivity index (χ0v) is 7.26.